The van der Waals surface area contributed by atoms with E-state index in [1.807, 2.05) is 18.2 Å². The van der Waals surface area contributed by atoms with Gasteiger partial charge in [-0.15, -0.1) is 0 Å². The molecule has 0 aliphatic carbocycles. The third-order valence-corrected chi connectivity index (χ3v) is 7.54. The van der Waals surface area contributed by atoms with E-state index < -0.39 is 35.4 Å². The van der Waals surface area contributed by atoms with Crippen molar-refractivity contribution in [1.82, 2.24) is 4.90 Å². The van der Waals surface area contributed by atoms with E-state index >= 15 is 0 Å². The second kappa shape index (κ2) is 10.6. The Morgan fingerprint density at radius 1 is 1.03 bits per heavy atom. The van der Waals surface area contributed by atoms with E-state index in [1.54, 1.807) is 11.8 Å². The zero-order valence-electron chi connectivity index (χ0n) is 20.4. The summed E-state index contributed by atoms with van der Waals surface area (Å²) in [6.07, 6.45) is -5.76. The van der Waals surface area contributed by atoms with Crippen LogP contribution >= 0.6 is 0 Å². The number of nitrogens with one attached hydrogen (secondary N) is 1. The maximum Gasteiger partial charge on any atom is 0.416 e. The number of benzene rings is 2. The smallest absolute Gasteiger partial charge is 0.416 e. The molecule has 4 nitrogen and oxygen atoms in total. The number of fused-ring (bicyclic) bond motifs is 1. The fraction of sp³-hybridized carbons (Fsp3) is 0.519. The first-order valence-corrected chi connectivity index (χ1v) is 12.4. The Balaban J connectivity index is 1.39. The standard InChI is InChI=1S/C27H30F6N2O2/c1-16(25(36)37)12-17-2-3-18-4-7-23(34-24(18)13-17)19-8-10-35(11-9-19)15-20-14-21(26(28,29)30)5-6-22(20)27(31,32)33/h2-3,5-6,13-14,16,19,23,34H,4,7-12,15H2,1H3,(H,36,37). The molecule has 0 amide bonds. The van der Waals surface area contributed by atoms with Crippen molar-refractivity contribution in [2.45, 2.75) is 64.0 Å². The third kappa shape index (κ3) is 6.58. The average Bonchev–Trinajstić information content (AvgIpc) is 2.82. The monoisotopic (exact) mass is 528 g/mol. The summed E-state index contributed by atoms with van der Waals surface area (Å²) < 4.78 is 79.8. The number of halogens is 6. The molecule has 4 rings (SSSR count). The molecule has 2 aromatic carbocycles. The topological polar surface area (TPSA) is 52.6 Å². The van der Waals surface area contributed by atoms with Crippen molar-refractivity contribution in [3.05, 3.63) is 64.2 Å². The van der Waals surface area contributed by atoms with Gasteiger partial charge in [-0.3, -0.25) is 9.69 Å². The van der Waals surface area contributed by atoms with Crippen LogP contribution in [0.3, 0.4) is 0 Å². The minimum Gasteiger partial charge on any atom is -0.481 e. The fourth-order valence-corrected chi connectivity index (χ4v) is 5.41. The number of rotatable bonds is 6. The maximum atomic E-state index is 13.5. The van der Waals surface area contributed by atoms with E-state index in [-0.39, 0.29) is 24.1 Å². The predicted molar refractivity (Wildman–Crippen MR) is 127 cm³/mol. The molecule has 2 aromatic rings. The van der Waals surface area contributed by atoms with E-state index in [4.69, 9.17) is 0 Å². The van der Waals surface area contributed by atoms with E-state index in [9.17, 15) is 36.2 Å². The first kappa shape index (κ1) is 27.3. The van der Waals surface area contributed by atoms with Crippen LogP contribution in [0.4, 0.5) is 32.0 Å². The van der Waals surface area contributed by atoms with E-state index in [0.29, 0.717) is 37.7 Å². The Kier molecular flexibility index (Phi) is 7.78. The molecule has 2 atom stereocenters. The van der Waals surface area contributed by atoms with Crippen molar-refractivity contribution in [3.8, 4) is 0 Å². The lowest BCUT2D eigenvalue weighted by Gasteiger charge is -2.39. The molecule has 202 valence electrons. The van der Waals surface area contributed by atoms with Crippen LogP contribution in [0.2, 0.25) is 0 Å². The first-order chi connectivity index (χ1) is 17.3. The predicted octanol–water partition coefficient (Wildman–Crippen LogP) is 6.63. The van der Waals surface area contributed by atoms with Crippen LogP contribution in [-0.4, -0.2) is 35.1 Å². The molecule has 37 heavy (non-hydrogen) atoms. The molecule has 0 spiro atoms. The normalized spacial score (nSPS) is 20.2. The van der Waals surface area contributed by atoms with Crippen LogP contribution in [0.1, 0.15) is 54.0 Å². The molecule has 2 N–H and O–H groups in total. The fourth-order valence-electron chi connectivity index (χ4n) is 5.41. The van der Waals surface area contributed by atoms with Gasteiger partial charge in [0.1, 0.15) is 0 Å². The number of aryl methyl sites for hydroxylation is 1. The second-order valence-corrected chi connectivity index (χ2v) is 10.2. The largest absolute Gasteiger partial charge is 0.481 e. The van der Waals surface area contributed by atoms with Crippen molar-refractivity contribution in [1.29, 1.82) is 0 Å². The molecule has 2 heterocycles. The molecule has 10 heteroatoms. The van der Waals surface area contributed by atoms with Crippen LogP contribution < -0.4 is 5.32 Å². The molecule has 0 aromatic heterocycles. The van der Waals surface area contributed by atoms with Crippen molar-refractivity contribution < 1.29 is 36.2 Å². The molecule has 2 aliphatic rings. The van der Waals surface area contributed by atoms with Gasteiger partial charge < -0.3 is 10.4 Å². The molecule has 2 aliphatic heterocycles. The summed E-state index contributed by atoms with van der Waals surface area (Å²) >= 11 is 0. The molecule has 1 fully saturated rings. The minimum absolute atomic E-state index is 0.182. The zero-order valence-corrected chi connectivity index (χ0v) is 20.4. The van der Waals surface area contributed by atoms with Gasteiger partial charge in [-0.2, -0.15) is 26.3 Å². The van der Waals surface area contributed by atoms with Gasteiger partial charge in [-0.1, -0.05) is 19.1 Å². The molecule has 2 unspecified atom stereocenters. The number of anilines is 1. The summed E-state index contributed by atoms with van der Waals surface area (Å²) in [5.41, 5.74) is 0.651. The maximum absolute atomic E-state index is 13.5. The highest BCUT2D eigenvalue weighted by molar-refractivity contribution is 5.70. The Bertz CT molecular complexity index is 1120. The number of piperidine rings is 1. The number of nitrogens with zero attached hydrogens (tertiary/aromatic N) is 1. The van der Waals surface area contributed by atoms with Gasteiger partial charge in [0.2, 0.25) is 0 Å². The molecular formula is C27H30F6N2O2. The van der Waals surface area contributed by atoms with Crippen molar-refractivity contribution >= 4 is 11.7 Å². The van der Waals surface area contributed by atoms with Crippen LogP contribution in [0.25, 0.3) is 0 Å². The molecule has 0 saturated carbocycles. The van der Waals surface area contributed by atoms with Gasteiger partial charge in [-0.05, 0) is 92.1 Å². The van der Waals surface area contributed by atoms with Gasteiger partial charge in [0, 0.05) is 18.3 Å². The minimum atomic E-state index is -4.72. The lowest BCUT2D eigenvalue weighted by molar-refractivity contribution is -0.142. The number of carboxylic acid groups (broad SMARTS) is 1. The van der Waals surface area contributed by atoms with Crippen molar-refractivity contribution in [2.75, 3.05) is 18.4 Å². The number of hydrogen-bond donors (Lipinski definition) is 2. The SMILES string of the molecule is CC(Cc1ccc2c(c1)NC(C1CCN(Cc3cc(C(F)(F)F)ccc3C(F)(F)F)CC1)CC2)C(=O)O. The highest BCUT2D eigenvalue weighted by atomic mass is 19.4. The number of hydrogen-bond acceptors (Lipinski definition) is 3. The molecule has 1 saturated heterocycles. The van der Waals surface area contributed by atoms with Gasteiger partial charge in [0.15, 0.2) is 0 Å². The van der Waals surface area contributed by atoms with Gasteiger partial charge >= 0.3 is 18.3 Å². The Morgan fingerprint density at radius 2 is 1.73 bits per heavy atom. The second-order valence-electron chi connectivity index (χ2n) is 10.2. The van der Waals surface area contributed by atoms with Crippen molar-refractivity contribution in [3.63, 3.8) is 0 Å². The quantitative estimate of drug-likeness (QED) is 0.414. The van der Waals surface area contributed by atoms with Crippen molar-refractivity contribution in [2.24, 2.45) is 11.8 Å². The zero-order chi connectivity index (χ0) is 27.0. The van der Waals surface area contributed by atoms with Gasteiger partial charge in [0.05, 0.1) is 17.0 Å². The van der Waals surface area contributed by atoms with Gasteiger partial charge in [0.25, 0.3) is 0 Å². The van der Waals surface area contributed by atoms with E-state index in [0.717, 1.165) is 36.9 Å². The van der Waals surface area contributed by atoms with E-state index in [2.05, 4.69) is 5.32 Å². The highest BCUT2D eigenvalue weighted by Crippen LogP contribution is 2.38. The summed E-state index contributed by atoms with van der Waals surface area (Å²) in [5.74, 6) is -1.05. The van der Waals surface area contributed by atoms with E-state index in [1.165, 1.54) is 5.56 Å². The first-order valence-electron chi connectivity index (χ1n) is 12.4. The Labute approximate surface area is 211 Å². The Morgan fingerprint density at radius 3 is 2.35 bits per heavy atom. The van der Waals surface area contributed by atoms with Gasteiger partial charge in [-0.25, -0.2) is 0 Å². The number of carbonyl (C=O) groups is 1. The number of aliphatic carboxylic acids is 1. The summed E-state index contributed by atoms with van der Waals surface area (Å²) in [7, 11) is 0. The van der Waals surface area contributed by atoms with Crippen LogP contribution in [-0.2, 0) is 36.5 Å². The molecular weight excluding hydrogens is 498 g/mol. The Hall–Kier alpha value is -2.75. The summed E-state index contributed by atoms with van der Waals surface area (Å²) in [6.45, 7) is 2.49. The van der Waals surface area contributed by atoms with Crippen LogP contribution in [0.15, 0.2) is 36.4 Å². The third-order valence-electron chi connectivity index (χ3n) is 7.54. The van der Waals surface area contributed by atoms with Crippen LogP contribution in [0, 0.1) is 11.8 Å². The molecule has 0 bridgehead atoms. The highest BCUT2D eigenvalue weighted by Gasteiger charge is 2.38. The number of carboxylic acids is 1. The average molecular weight is 529 g/mol. The number of alkyl halides is 6. The lowest BCUT2D eigenvalue weighted by atomic mass is 9.83. The summed E-state index contributed by atoms with van der Waals surface area (Å²) in [6, 6.07) is 7.81. The summed E-state index contributed by atoms with van der Waals surface area (Å²) in [5, 5.41) is 12.8. The molecule has 0 radical (unpaired) electrons. The van der Waals surface area contributed by atoms with Crippen LogP contribution in [0.5, 0.6) is 0 Å². The number of likely N-dealkylation sites (tertiary alicyclic amines) is 1. The summed E-state index contributed by atoms with van der Waals surface area (Å²) in [4.78, 5) is 13.0. The lowest BCUT2D eigenvalue weighted by Crippen LogP contribution is -2.41.